The molecule has 0 bridgehead atoms. The van der Waals surface area contributed by atoms with Crippen molar-refractivity contribution < 1.29 is 8.42 Å². The molecule has 1 saturated carbocycles. The van der Waals surface area contributed by atoms with E-state index >= 15 is 0 Å². The topological polar surface area (TPSA) is 72.2 Å². The third-order valence-electron chi connectivity index (χ3n) is 2.62. The van der Waals surface area contributed by atoms with Gasteiger partial charge in [-0.3, -0.25) is 0 Å². The normalized spacial score (nSPS) is 18.7. The summed E-state index contributed by atoms with van der Waals surface area (Å²) in [5.41, 5.74) is 5.39. The zero-order chi connectivity index (χ0) is 11.5. The fourth-order valence-electron chi connectivity index (χ4n) is 1.49. The fourth-order valence-corrected chi connectivity index (χ4v) is 3.38. The van der Waals surface area contributed by atoms with E-state index in [2.05, 4.69) is 4.72 Å². The van der Waals surface area contributed by atoms with Crippen LogP contribution in [0.15, 0.2) is 0 Å². The van der Waals surface area contributed by atoms with Crippen LogP contribution in [0.2, 0.25) is 0 Å². The molecular weight excluding hydrogens is 232 g/mol. The second-order valence-corrected chi connectivity index (χ2v) is 6.39. The summed E-state index contributed by atoms with van der Waals surface area (Å²) in [6.45, 7) is 2.27. The van der Waals surface area contributed by atoms with Crippen LogP contribution in [-0.2, 0) is 10.0 Å². The third-order valence-corrected chi connectivity index (χ3v) is 4.99. The summed E-state index contributed by atoms with van der Waals surface area (Å²) in [6.07, 6.45) is 3.81. The van der Waals surface area contributed by atoms with Gasteiger partial charge in [0, 0.05) is 6.54 Å². The Morgan fingerprint density at radius 3 is 2.60 bits per heavy atom. The van der Waals surface area contributed by atoms with Gasteiger partial charge in [0.05, 0.1) is 4.99 Å². The molecule has 1 aliphatic carbocycles. The molecular formula is C9H18N2O2S2. The monoisotopic (exact) mass is 250 g/mol. The summed E-state index contributed by atoms with van der Waals surface area (Å²) in [5, 5.41) is -0.730. The molecule has 1 aliphatic rings. The van der Waals surface area contributed by atoms with E-state index < -0.39 is 15.3 Å². The van der Waals surface area contributed by atoms with Crippen LogP contribution in [-0.4, -0.2) is 25.2 Å². The molecule has 0 saturated heterocycles. The molecule has 3 N–H and O–H groups in total. The van der Waals surface area contributed by atoms with Crippen LogP contribution < -0.4 is 10.5 Å². The molecule has 0 spiro atoms. The van der Waals surface area contributed by atoms with Crippen molar-refractivity contribution in [2.75, 3.05) is 6.54 Å². The molecule has 0 heterocycles. The number of sulfonamides is 1. The second-order valence-electron chi connectivity index (χ2n) is 3.97. The van der Waals surface area contributed by atoms with Crippen molar-refractivity contribution in [3.8, 4) is 0 Å². The Morgan fingerprint density at radius 1 is 1.60 bits per heavy atom. The average Bonchev–Trinajstić information content (AvgIpc) is 2.87. The molecule has 1 rings (SSSR count). The third kappa shape index (κ3) is 4.04. The lowest BCUT2D eigenvalue weighted by Gasteiger charge is -2.14. The summed E-state index contributed by atoms with van der Waals surface area (Å²) in [4.78, 5) is 0.0522. The lowest BCUT2D eigenvalue weighted by Crippen LogP contribution is -2.42. The Kier molecular flexibility index (Phi) is 4.48. The van der Waals surface area contributed by atoms with Gasteiger partial charge in [-0.1, -0.05) is 32.0 Å². The standard InChI is InChI=1S/C9H18N2O2S2/c1-2-8(9(10)14)15(12,13)11-6-5-7-3-4-7/h7-8,11H,2-6H2,1H3,(H2,10,14). The minimum absolute atomic E-state index is 0.0522. The summed E-state index contributed by atoms with van der Waals surface area (Å²) < 4.78 is 26.0. The summed E-state index contributed by atoms with van der Waals surface area (Å²) >= 11 is 4.74. The van der Waals surface area contributed by atoms with Crippen molar-refractivity contribution >= 4 is 27.2 Å². The fraction of sp³-hybridized carbons (Fsp3) is 0.889. The molecule has 0 aromatic rings. The minimum atomic E-state index is -3.36. The maximum absolute atomic E-state index is 11.7. The first-order valence-electron chi connectivity index (χ1n) is 5.25. The number of hydrogen-bond donors (Lipinski definition) is 2. The molecule has 0 aliphatic heterocycles. The van der Waals surface area contributed by atoms with Gasteiger partial charge in [-0.2, -0.15) is 0 Å². The molecule has 0 aromatic heterocycles. The molecule has 0 aromatic carbocycles. The molecule has 6 heteroatoms. The predicted molar refractivity (Wildman–Crippen MR) is 65.1 cm³/mol. The second kappa shape index (κ2) is 5.23. The van der Waals surface area contributed by atoms with Gasteiger partial charge in [0.15, 0.2) is 0 Å². The first-order valence-corrected chi connectivity index (χ1v) is 7.20. The quantitative estimate of drug-likeness (QED) is 0.655. The lowest BCUT2D eigenvalue weighted by molar-refractivity contribution is 0.568. The van der Waals surface area contributed by atoms with E-state index in [0.717, 1.165) is 12.3 Å². The maximum atomic E-state index is 11.7. The molecule has 15 heavy (non-hydrogen) atoms. The summed E-state index contributed by atoms with van der Waals surface area (Å²) in [6, 6.07) is 0. The number of hydrogen-bond acceptors (Lipinski definition) is 3. The van der Waals surface area contributed by atoms with Crippen LogP contribution in [0.25, 0.3) is 0 Å². The zero-order valence-corrected chi connectivity index (χ0v) is 10.5. The van der Waals surface area contributed by atoms with Crippen LogP contribution in [0, 0.1) is 5.92 Å². The van der Waals surface area contributed by atoms with Gasteiger partial charge in [-0.05, 0) is 18.8 Å². The highest BCUT2D eigenvalue weighted by atomic mass is 32.2. The van der Waals surface area contributed by atoms with Gasteiger partial charge in [0.2, 0.25) is 10.0 Å². The molecule has 1 unspecified atom stereocenters. The smallest absolute Gasteiger partial charge is 0.220 e. The molecule has 1 fully saturated rings. The Balaban J connectivity index is 2.43. The van der Waals surface area contributed by atoms with Crippen LogP contribution in [0.3, 0.4) is 0 Å². The lowest BCUT2D eigenvalue weighted by atomic mass is 10.3. The van der Waals surface area contributed by atoms with Gasteiger partial charge in [0.1, 0.15) is 5.25 Å². The van der Waals surface area contributed by atoms with Gasteiger partial charge in [0.25, 0.3) is 0 Å². The zero-order valence-electron chi connectivity index (χ0n) is 8.90. The predicted octanol–water partition coefficient (Wildman–Crippen LogP) is 0.771. The van der Waals surface area contributed by atoms with Gasteiger partial charge < -0.3 is 5.73 Å². The highest BCUT2D eigenvalue weighted by Gasteiger charge is 2.27. The minimum Gasteiger partial charge on any atom is -0.392 e. The molecule has 4 nitrogen and oxygen atoms in total. The van der Waals surface area contributed by atoms with Gasteiger partial charge in [-0.15, -0.1) is 0 Å². The summed E-state index contributed by atoms with van der Waals surface area (Å²) in [5.74, 6) is 0.720. The van der Waals surface area contributed by atoms with Crippen LogP contribution in [0.4, 0.5) is 0 Å². The van der Waals surface area contributed by atoms with Gasteiger partial charge >= 0.3 is 0 Å². The number of nitrogens with one attached hydrogen (secondary N) is 1. The molecule has 88 valence electrons. The van der Waals surface area contributed by atoms with Crippen LogP contribution >= 0.6 is 12.2 Å². The number of rotatable bonds is 7. The van der Waals surface area contributed by atoms with Crippen molar-refractivity contribution in [2.45, 2.75) is 37.9 Å². The van der Waals surface area contributed by atoms with Crippen molar-refractivity contribution in [1.82, 2.24) is 4.72 Å². The largest absolute Gasteiger partial charge is 0.392 e. The molecule has 1 atom stereocenters. The van der Waals surface area contributed by atoms with E-state index in [9.17, 15) is 8.42 Å². The Hall–Kier alpha value is -0.200. The molecule has 0 amide bonds. The van der Waals surface area contributed by atoms with E-state index in [4.69, 9.17) is 18.0 Å². The number of thiocarbonyl (C=S) groups is 1. The number of nitrogens with two attached hydrogens (primary N) is 1. The SMILES string of the molecule is CCC(C(N)=S)S(=O)(=O)NCCC1CC1. The first kappa shape index (κ1) is 12.9. The molecule has 0 radical (unpaired) electrons. The van der Waals surface area contributed by atoms with E-state index in [1.807, 2.05) is 0 Å². The van der Waals surface area contributed by atoms with Crippen LogP contribution in [0.5, 0.6) is 0 Å². The highest BCUT2D eigenvalue weighted by molar-refractivity contribution is 7.93. The van der Waals surface area contributed by atoms with E-state index in [0.29, 0.717) is 13.0 Å². The van der Waals surface area contributed by atoms with Crippen molar-refractivity contribution in [3.05, 3.63) is 0 Å². The van der Waals surface area contributed by atoms with Crippen molar-refractivity contribution in [3.63, 3.8) is 0 Å². The van der Waals surface area contributed by atoms with Crippen molar-refractivity contribution in [1.29, 1.82) is 0 Å². The van der Waals surface area contributed by atoms with E-state index in [1.165, 1.54) is 12.8 Å². The Bertz CT molecular complexity index is 323. The van der Waals surface area contributed by atoms with E-state index in [-0.39, 0.29) is 4.99 Å². The maximum Gasteiger partial charge on any atom is 0.220 e. The first-order chi connectivity index (χ1) is 6.97. The summed E-state index contributed by atoms with van der Waals surface area (Å²) in [7, 11) is -3.36. The Morgan fingerprint density at radius 2 is 2.20 bits per heavy atom. The average molecular weight is 250 g/mol. The van der Waals surface area contributed by atoms with Crippen LogP contribution in [0.1, 0.15) is 32.6 Å². The highest BCUT2D eigenvalue weighted by Crippen LogP contribution is 2.31. The van der Waals surface area contributed by atoms with Gasteiger partial charge in [-0.25, -0.2) is 13.1 Å². The Labute approximate surface area is 96.7 Å². The van der Waals surface area contributed by atoms with Crippen molar-refractivity contribution in [2.24, 2.45) is 11.7 Å². The van der Waals surface area contributed by atoms with E-state index in [1.54, 1.807) is 6.92 Å².